The number of anilines is 1. The zero-order valence-corrected chi connectivity index (χ0v) is 13.0. The highest BCUT2D eigenvalue weighted by Gasteiger charge is 2.56. The van der Waals surface area contributed by atoms with E-state index in [9.17, 15) is 9.90 Å². The molecule has 118 valence electrons. The van der Waals surface area contributed by atoms with Gasteiger partial charge in [0.2, 0.25) is 0 Å². The molecule has 1 aromatic rings. The molecular weight excluding hydrogens is 278 g/mol. The molecule has 0 saturated carbocycles. The first-order valence-corrected chi connectivity index (χ1v) is 7.95. The first-order valence-electron chi connectivity index (χ1n) is 7.95. The van der Waals surface area contributed by atoms with E-state index in [-0.39, 0.29) is 18.4 Å². The minimum Gasteiger partial charge on any atom is -0.389 e. The second-order valence-electron chi connectivity index (χ2n) is 6.45. The highest BCUT2D eigenvalue weighted by atomic mass is 16.5. The van der Waals surface area contributed by atoms with E-state index in [1.807, 2.05) is 24.3 Å². The molecular formula is C18H23NO3. The molecule has 4 heteroatoms. The lowest BCUT2D eigenvalue weighted by Gasteiger charge is -2.45. The first kappa shape index (κ1) is 15.3. The average Bonchev–Trinajstić information content (AvgIpc) is 2.71. The SMILES string of the molecule is C=CC[C@]1(O)C[C@H](CCC)OC2(C1)C(=O)Nc1ccccc12. The lowest BCUT2D eigenvalue weighted by Crippen LogP contribution is -2.53. The number of nitrogens with one attached hydrogen (secondary N) is 1. The van der Waals surface area contributed by atoms with Gasteiger partial charge in [0.15, 0.2) is 5.60 Å². The fourth-order valence-electron chi connectivity index (χ4n) is 3.82. The number of hydrogen-bond acceptors (Lipinski definition) is 3. The molecule has 4 nitrogen and oxygen atoms in total. The number of rotatable bonds is 4. The van der Waals surface area contributed by atoms with Gasteiger partial charge in [-0.1, -0.05) is 37.6 Å². The van der Waals surface area contributed by atoms with Crippen molar-refractivity contribution in [2.75, 3.05) is 5.32 Å². The molecule has 2 aliphatic rings. The number of para-hydroxylation sites is 1. The molecule has 2 heterocycles. The van der Waals surface area contributed by atoms with Gasteiger partial charge in [-0.2, -0.15) is 0 Å². The topological polar surface area (TPSA) is 58.6 Å². The minimum atomic E-state index is -1.08. The van der Waals surface area contributed by atoms with Crippen LogP contribution in [0.4, 0.5) is 5.69 Å². The van der Waals surface area contributed by atoms with Crippen LogP contribution in [0.15, 0.2) is 36.9 Å². The van der Waals surface area contributed by atoms with Crippen molar-refractivity contribution < 1.29 is 14.6 Å². The zero-order chi connectivity index (χ0) is 15.8. The van der Waals surface area contributed by atoms with Crippen LogP contribution in [0.5, 0.6) is 0 Å². The predicted octanol–water partition coefficient (Wildman–Crippen LogP) is 3.12. The summed E-state index contributed by atoms with van der Waals surface area (Å²) in [7, 11) is 0. The number of fused-ring (bicyclic) bond motifs is 2. The second-order valence-corrected chi connectivity index (χ2v) is 6.45. The van der Waals surface area contributed by atoms with Gasteiger partial charge in [0.25, 0.3) is 5.91 Å². The van der Waals surface area contributed by atoms with Gasteiger partial charge in [-0.3, -0.25) is 4.79 Å². The van der Waals surface area contributed by atoms with Crippen molar-refractivity contribution >= 4 is 11.6 Å². The fourth-order valence-corrected chi connectivity index (χ4v) is 3.82. The Morgan fingerprint density at radius 3 is 3.00 bits per heavy atom. The monoisotopic (exact) mass is 301 g/mol. The number of benzene rings is 1. The van der Waals surface area contributed by atoms with Crippen molar-refractivity contribution in [2.24, 2.45) is 0 Å². The first-order chi connectivity index (χ1) is 10.5. The highest BCUT2D eigenvalue weighted by Crippen LogP contribution is 2.50. The smallest absolute Gasteiger partial charge is 0.261 e. The van der Waals surface area contributed by atoms with Crippen LogP contribution in [0.25, 0.3) is 0 Å². The third kappa shape index (κ3) is 2.36. The van der Waals surface area contributed by atoms with Gasteiger partial charge in [-0.05, 0) is 18.9 Å². The van der Waals surface area contributed by atoms with E-state index in [1.165, 1.54) is 0 Å². The normalized spacial score (nSPS) is 33.5. The van der Waals surface area contributed by atoms with Gasteiger partial charge in [0.05, 0.1) is 11.7 Å². The molecule has 1 fully saturated rings. The highest BCUT2D eigenvalue weighted by molar-refractivity contribution is 6.05. The molecule has 3 atom stereocenters. The van der Waals surface area contributed by atoms with Crippen molar-refractivity contribution in [3.8, 4) is 0 Å². The van der Waals surface area contributed by atoms with Crippen molar-refractivity contribution in [3.05, 3.63) is 42.5 Å². The Hall–Kier alpha value is -1.65. The van der Waals surface area contributed by atoms with Crippen LogP contribution in [0, 0.1) is 0 Å². The van der Waals surface area contributed by atoms with E-state index in [2.05, 4.69) is 18.8 Å². The summed E-state index contributed by atoms with van der Waals surface area (Å²) < 4.78 is 6.25. The molecule has 2 aliphatic heterocycles. The summed E-state index contributed by atoms with van der Waals surface area (Å²) in [5.41, 5.74) is -0.407. The maximum atomic E-state index is 12.7. The van der Waals surface area contributed by atoms with Gasteiger partial charge in [-0.15, -0.1) is 6.58 Å². The molecule has 1 saturated heterocycles. The number of carbonyl (C=O) groups is 1. The maximum Gasteiger partial charge on any atom is 0.261 e. The lowest BCUT2D eigenvalue weighted by atomic mass is 9.75. The average molecular weight is 301 g/mol. The standard InChI is InChI=1S/C18H23NO3/c1-3-7-13-11-17(21,10-4-2)12-18(22-13)14-8-5-6-9-15(14)19-16(18)20/h4-6,8-9,13,21H,2-3,7,10-12H2,1H3,(H,19,20)/t13-,17-,18?/m0/s1. The number of ether oxygens (including phenoxy) is 1. The van der Waals surface area contributed by atoms with Crippen LogP contribution >= 0.6 is 0 Å². The Balaban J connectivity index is 2.04. The van der Waals surface area contributed by atoms with Crippen molar-refractivity contribution in [1.29, 1.82) is 0 Å². The fraction of sp³-hybridized carbons (Fsp3) is 0.500. The van der Waals surface area contributed by atoms with Crippen LogP contribution in [0.3, 0.4) is 0 Å². The van der Waals surface area contributed by atoms with Crippen LogP contribution in [0.1, 0.15) is 44.6 Å². The summed E-state index contributed by atoms with van der Waals surface area (Å²) in [6.45, 7) is 5.83. The van der Waals surface area contributed by atoms with Gasteiger partial charge in [0.1, 0.15) is 0 Å². The Bertz CT molecular complexity index is 600. The molecule has 0 radical (unpaired) electrons. The van der Waals surface area contributed by atoms with E-state index >= 15 is 0 Å². The van der Waals surface area contributed by atoms with Crippen molar-refractivity contribution in [3.63, 3.8) is 0 Å². The molecule has 0 aromatic heterocycles. The summed E-state index contributed by atoms with van der Waals surface area (Å²) in [6, 6.07) is 7.58. The number of carbonyl (C=O) groups excluding carboxylic acids is 1. The van der Waals surface area contributed by atoms with Gasteiger partial charge < -0.3 is 15.2 Å². The quantitative estimate of drug-likeness (QED) is 0.840. The summed E-state index contributed by atoms with van der Waals surface area (Å²) in [6.07, 6.45) is 4.67. The number of hydrogen-bond donors (Lipinski definition) is 2. The van der Waals surface area contributed by atoms with Gasteiger partial charge in [-0.25, -0.2) is 0 Å². The lowest BCUT2D eigenvalue weighted by molar-refractivity contribution is -0.201. The molecule has 0 bridgehead atoms. The third-order valence-corrected chi connectivity index (χ3v) is 4.67. The summed E-state index contributed by atoms with van der Waals surface area (Å²) >= 11 is 0. The van der Waals surface area contributed by atoms with E-state index < -0.39 is 11.2 Å². The predicted molar refractivity (Wildman–Crippen MR) is 85.5 cm³/mol. The van der Waals surface area contributed by atoms with E-state index in [0.717, 1.165) is 24.1 Å². The minimum absolute atomic E-state index is 0.124. The van der Waals surface area contributed by atoms with Gasteiger partial charge >= 0.3 is 0 Å². The largest absolute Gasteiger partial charge is 0.389 e. The molecule has 2 N–H and O–H groups in total. The van der Waals surface area contributed by atoms with E-state index in [1.54, 1.807) is 6.08 Å². The van der Waals surface area contributed by atoms with E-state index in [0.29, 0.717) is 12.8 Å². The maximum absolute atomic E-state index is 12.7. The van der Waals surface area contributed by atoms with Crippen LogP contribution < -0.4 is 5.32 Å². The molecule has 1 unspecified atom stereocenters. The summed E-state index contributed by atoms with van der Waals surface area (Å²) in [5, 5.41) is 13.9. The van der Waals surface area contributed by atoms with Crippen LogP contribution in [-0.4, -0.2) is 22.7 Å². The Morgan fingerprint density at radius 2 is 2.27 bits per heavy atom. The van der Waals surface area contributed by atoms with Crippen molar-refractivity contribution in [2.45, 2.75) is 56.3 Å². The van der Waals surface area contributed by atoms with Crippen LogP contribution in [0.2, 0.25) is 0 Å². The van der Waals surface area contributed by atoms with E-state index in [4.69, 9.17) is 4.74 Å². The molecule has 1 amide bonds. The number of amides is 1. The summed E-state index contributed by atoms with van der Waals surface area (Å²) in [4.78, 5) is 12.7. The van der Waals surface area contributed by atoms with Gasteiger partial charge in [0, 0.05) is 24.1 Å². The third-order valence-electron chi connectivity index (χ3n) is 4.67. The Labute approximate surface area is 131 Å². The second kappa shape index (κ2) is 5.52. The molecule has 1 spiro atoms. The van der Waals surface area contributed by atoms with Crippen LogP contribution in [-0.2, 0) is 15.1 Å². The molecule has 1 aromatic carbocycles. The molecule has 3 rings (SSSR count). The molecule has 22 heavy (non-hydrogen) atoms. The Kier molecular flexibility index (Phi) is 3.83. The van der Waals surface area contributed by atoms with Crippen molar-refractivity contribution in [1.82, 2.24) is 0 Å². The molecule has 0 aliphatic carbocycles. The summed E-state index contributed by atoms with van der Waals surface area (Å²) in [5.74, 6) is -0.169. The zero-order valence-electron chi connectivity index (χ0n) is 13.0. The number of aliphatic hydroxyl groups is 1. The Morgan fingerprint density at radius 1 is 1.50 bits per heavy atom.